The smallest absolute Gasteiger partial charge is 0.240 e. The van der Waals surface area contributed by atoms with Crippen molar-refractivity contribution < 1.29 is 9.59 Å². The van der Waals surface area contributed by atoms with Crippen LogP contribution in [0.4, 0.5) is 0 Å². The first kappa shape index (κ1) is 12.6. The van der Waals surface area contributed by atoms with Gasteiger partial charge in [0.1, 0.15) is 6.04 Å². The number of benzene rings is 1. The fourth-order valence-corrected chi connectivity index (χ4v) is 2.29. The van der Waals surface area contributed by atoms with Gasteiger partial charge in [-0.05, 0) is 18.2 Å². The van der Waals surface area contributed by atoms with Crippen LogP contribution in [0.2, 0.25) is 0 Å². The Morgan fingerprint density at radius 1 is 1.39 bits per heavy atom. The van der Waals surface area contributed by atoms with Gasteiger partial charge in [-0.25, -0.2) is 0 Å². The summed E-state index contributed by atoms with van der Waals surface area (Å²) in [6, 6.07) is 7.28. The zero-order valence-corrected chi connectivity index (χ0v) is 10.3. The van der Waals surface area contributed by atoms with Gasteiger partial charge in [-0.3, -0.25) is 9.59 Å². The van der Waals surface area contributed by atoms with Crippen molar-refractivity contribution in [1.29, 1.82) is 0 Å². The summed E-state index contributed by atoms with van der Waals surface area (Å²) in [6.45, 7) is 0.663. The Morgan fingerprint density at radius 3 is 2.67 bits per heavy atom. The number of carbonyl (C=O) groups is 2. The molecule has 2 amide bonds. The van der Waals surface area contributed by atoms with Crippen LogP contribution in [-0.2, 0) is 22.6 Å². The number of hydrogen-bond acceptors (Lipinski definition) is 3. The first-order valence-electron chi connectivity index (χ1n) is 5.93. The highest BCUT2D eigenvalue weighted by Crippen LogP contribution is 2.23. The van der Waals surface area contributed by atoms with Crippen LogP contribution >= 0.6 is 0 Å². The number of carbonyl (C=O) groups excluding carboxylic acids is 2. The molecule has 5 heteroatoms. The summed E-state index contributed by atoms with van der Waals surface area (Å²) in [5.74, 6) is -0.551. The van der Waals surface area contributed by atoms with Gasteiger partial charge in [-0.15, -0.1) is 0 Å². The molecule has 1 aromatic rings. The molecule has 1 unspecified atom stereocenters. The first-order valence-corrected chi connectivity index (χ1v) is 5.93. The van der Waals surface area contributed by atoms with E-state index in [2.05, 4.69) is 5.32 Å². The van der Waals surface area contributed by atoms with Crippen molar-refractivity contribution in [2.24, 2.45) is 5.73 Å². The number of amides is 2. The Kier molecular flexibility index (Phi) is 3.62. The molecule has 2 rings (SSSR count). The van der Waals surface area contributed by atoms with Crippen LogP contribution in [0.5, 0.6) is 0 Å². The topological polar surface area (TPSA) is 75.4 Å². The predicted octanol–water partition coefficient (Wildman–Crippen LogP) is -0.355. The number of fused-ring (bicyclic) bond motifs is 1. The molecule has 0 saturated carbocycles. The van der Waals surface area contributed by atoms with Crippen LogP contribution in [0.25, 0.3) is 0 Å². The molecular weight excluding hydrogens is 230 g/mol. The second-order valence-electron chi connectivity index (χ2n) is 4.44. The third kappa shape index (κ3) is 2.36. The second-order valence-corrected chi connectivity index (χ2v) is 4.44. The minimum absolute atomic E-state index is 0.101. The van der Waals surface area contributed by atoms with Crippen molar-refractivity contribution in [3.05, 3.63) is 35.4 Å². The van der Waals surface area contributed by atoms with E-state index < -0.39 is 11.9 Å². The van der Waals surface area contributed by atoms with Crippen molar-refractivity contribution in [2.45, 2.75) is 19.0 Å². The van der Waals surface area contributed by atoms with E-state index in [9.17, 15) is 9.59 Å². The summed E-state index contributed by atoms with van der Waals surface area (Å²) in [4.78, 5) is 25.0. The zero-order valence-electron chi connectivity index (χ0n) is 10.3. The standard InChI is InChI=1S/C13H17N3O2/c1-15-7-12(17)16-8-10-5-3-2-4-9(10)6-11(16)13(14)18/h2-5,11,15H,6-8H2,1H3,(H2,14,18). The Balaban J connectivity index is 2.28. The van der Waals surface area contributed by atoms with Gasteiger partial charge >= 0.3 is 0 Å². The van der Waals surface area contributed by atoms with Gasteiger partial charge in [0, 0.05) is 13.0 Å². The molecule has 0 spiro atoms. The lowest BCUT2D eigenvalue weighted by molar-refractivity contribution is -0.139. The van der Waals surface area contributed by atoms with Gasteiger partial charge in [0.25, 0.3) is 0 Å². The molecule has 1 aliphatic heterocycles. The number of nitrogens with one attached hydrogen (secondary N) is 1. The average molecular weight is 247 g/mol. The lowest BCUT2D eigenvalue weighted by atomic mass is 9.93. The van der Waals surface area contributed by atoms with Crippen LogP contribution in [0.1, 0.15) is 11.1 Å². The minimum atomic E-state index is -0.541. The molecule has 0 aromatic heterocycles. The quantitative estimate of drug-likeness (QED) is 0.766. The molecule has 1 heterocycles. The van der Waals surface area contributed by atoms with Gasteiger partial charge in [-0.2, -0.15) is 0 Å². The van der Waals surface area contributed by atoms with Crippen LogP contribution in [0.3, 0.4) is 0 Å². The molecule has 5 nitrogen and oxygen atoms in total. The number of nitrogens with zero attached hydrogens (tertiary/aromatic N) is 1. The molecule has 0 radical (unpaired) electrons. The normalized spacial score (nSPS) is 18.3. The first-order chi connectivity index (χ1) is 8.63. The highest BCUT2D eigenvalue weighted by molar-refractivity contribution is 5.88. The van der Waals surface area contributed by atoms with E-state index in [-0.39, 0.29) is 12.5 Å². The molecule has 1 aromatic carbocycles. The molecule has 3 N–H and O–H groups in total. The van der Waals surface area contributed by atoms with E-state index in [0.717, 1.165) is 11.1 Å². The van der Waals surface area contributed by atoms with Crippen LogP contribution in [-0.4, -0.2) is 36.3 Å². The number of primary amides is 1. The van der Waals surface area contributed by atoms with Gasteiger partial charge in [0.15, 0.2) is 0 Å². The predicted molar refractivity (Wildman–Crippen MR) is 67.6 cm³/mol. The molecular formula is C13H17N3O2. The Hall–Kier alpha value is -1.88. The van der Waals surface area contributed by atoms with E-state index in [1.54, 1.807) is 11.9 Å². The number of rotatable bonds is 3. The summed E-state index contributed by atoms with van der Waals surface area (Å²) in [5, 5.41) is 2.80. The van der Waals surface area contributed by atoms with Gasteiger partial charge in [0.2, 0.25) is 11.8 Å². The fourth-order valence-electron chi connectivity index (χ4n) is 2.29. The fraction of sp³-hybridized carbons (Fsp3) is 0.385. The molecule has 0 fully saturated rings. The zero-order chi connectivity index (χ0) is 13.1. The highest BCUT2D eigenvalue weighted by Gasteiger charge is 2.32. The molecule has 0 saturated heterocycles. The Morgan fingerprint density at radius 2 is 2.06 bits per heavy atom. The maximum atomic E-state index is 12.0. The van der Waals surface area contributed by atoms with E-state index in [4.69, 9.17) is 5.73 Å². The van der Waals surface area contributed by atoms with E-state index in [0.29, 0.717) is 13.0 Å². The van der Waals surface area contributed by atoms with Gasteiger partial charge in [-0.1, -0.05) is 24.3 Å². The summed E-state index contributed by atoms with van der Waals surface area (Å²) in [6.07, 6.45) is 0.501. The summed E-state index contributed by atoms with van der Waals surface area (Å²) >= 11 is 0. The van der Waals surface area contributed by atoms with Crippen LogP contribution in [0.15, 0.2) is 24.3 Å². The number of nitrogens with two attached hydrogens (primary N) is 1. The van der Waals surface area contributed by atoms with Crippen molar-refractivity contribution in [1.82, 2.24) is 10.2 Å². The maximum Gasteiger partial charge on any atom is 0.240 e. The summed E-state index contributed by atoms with van der Waals surface area (Å²) in [7, 11) is 1.70. The van der Waals surface area contributed by atoms with E-state index in [1.807, 2.05) is 24.3 Å². The average Bonchev–Trinajstić information content (AvgIpc) is 2.37. The highest BCUT2D eigenvalue weighted by atomic mass is 16.2. The van der Waals surface area contributed by atoms with Crippen molar-refractivity contribution >= 4 is 11.8 Å². The van der Waals surface area contributed by atoms with Gasteiger partial charge < -0.3 is 16.0 Å². The Bertz CT molecular complexity index is 473. The third-order valence-corrected chi connectivity index (χ3v) is 3.23. The molecule has 18 heavy (non-hydrogen) atoms. The molecule has 96 valence electrons. The molecule has 0 aliphatic carbocycles. The third-order valence-electron chi connectivity index (χ3n) is 3.23. The van der Waals surface area contributed by atoms with Crippen LogP contribution < -0.4 is 11.1 Å². The summed E-state index contributed by atoms with van der Waals surface area (Å²) < 4.78 is 0. The SMILES string of the molecule is CNCC(=O)N1Cc2ccccc2CC1C(N)=O. The monoisotopic (exact) mass is 247 g/mol. The van der Waals surface area contributed by atoms with E-state index in [1.165, 1.54) is 0 Å². The summed E-state index contributed by atoms with van der Waals surface area (Å²) in [5.41, 5.74) is 7.57. The molecule has 0 bridgehead atoms. The lowest BCUT2D eigenvalue weighted by Gasteiger charge is -2.35. The van der Waals surface area contributed by atoms with E-state index >= 15 is 0 Å². The van der Waals surface area contributed by atoms with Crippen molar-refractivity contribution in [2.75, 3.05) is 13.6 Å². The maximum absolute atomic E-state index is 12.0. The number of likely N-dealkylation sites (N-methyl/N-ethyl adjacent to an activating group) is 1. The largest absolute Gasteiger partial charge is 0.368 e. The molecule has 1 atom stereocenters. The molecule has 1 aliphatic rings. The van der Waals surface area contributed by atoms with Crippen molar-refractivity contribution in [3.8, 4) is 0 Å². The Labute approximate surface area is 106 Å². The number of hydrogen-bond donors (Lipinski definition) is 2. The van der Waals surface area contributed by atoms with Crippen LogP contribution in [0, 0.1) is 0 Å². The van der Waals surface area contributed by atoms with Crippen molar-refractivity contribution in [3.63, 3.8) is 0 Å². The van der Waals surface area contributed by atoms with Gasteiger partial charge in [0.05, 0.1) is 6.54 Å². The second kappa shape index (κ2) is 5.18. The minimum Gasteiger partial charge on any atom is -0.368 e. The lowest BCUT2D eigenvalue weighted by Crippen LogP contribution is -2.52.